The zero-order valence-electron chi connectivity index (χ0n) is 9.62. The zero-order chi connectivity index (χ0) is 11.2. The van der Waals surface area contributed by atoms with Crippen molar-refractivity contribution in [3.63, 3.8) is 0 Å². The highest BCUT2D eigenvalue weighted by molar-refractivity contribution is 7.99. The van der Waals surface area contributed by atoms with Crippen LogP contribution in [0.2, 0.25) is 0 Å². The monoisotopic (exact) mass is 231 g/mol. The maximum Gasteiger partial charge on any atom is 0.0581 e. The van der Waals surface area contributed by atoms with Crippen LogP contribution in [0.3, 0.4) is 0 Å². The molecule has 0 saturated heterocycles. The molecule has 0 bridgehead atoms. The second-order valence-corrected chi connectivity index (χ2v) is 5.03. The molecule has 0 saturated carbocycles. The van der Waals surface area contributed by atoms with Gasteiger partial charge in [0, 0.05) is 11.8 Å². The fraction of sp³-hybridized carbons (Fsp3) is 0.429. The first kappa shape index (κ1) is 11.6. The second kappa shape index (κ2) is 5.98. The Morgan fingerprint density at radius 2 is 2.31 bits per heavy atom. The summed E-state index contributed by atoms with van der Waals surface area (Å²) in [7, 11) is 0. The van der Waals surface area contributed by atoms with Crippen molar-refractivity contribution in [1.29, 1.82) is 0 Å². The molecular weight excluding hydrogens is 214 g/mol. The molecule has 1 aromatic carbocycles. The fourth-order valence-corrected chi connectivity index (χ4v) is 3.07. The van der Waals surface area contributed by atoms with Gasteiger partial charge in [-0.2, -0.15) is 11.8 Å². The van der Waals surface area contributed by atoms with Gasteiger partial charge < -0.3 is 0 Å². The molecule has 2 rings (SSSR count). The molecular formula is C14H17NS. The highest BCUT2D eigenvalue weighted by Gasteiger charge is 2.17. The zero-order valence-corrected chi connectivity index (χ0v) is 10.4. The van der Waals surface area contributed by atoms with Crippen molar-refractivity contribution in [2.24, 2.45) is 0 Å². The van der Waals surface area contributed by atoms with Crippen LogP contribution in [0.4, 0.5) is 0 Å². The first-order chi connectivity index (χ1) is 7.92. The number of rotatable bonds is 2. The fourth-order valence-electron chi connectivity index (χ4n) is 2.01. The van der Waals surface area contributed by atoms with Crippen molar-refractivity contribution in [2.45, 2.75) is 19.4 Å². The molecule has 0 aromatic heterocycles. The highest BCUT2D eigenvalue weighted by Crippen LogP contribution is 2.27. The van der Waals surface area contributed by atoms with Crippen LogP contribution < -0.4 is 5.32 Å². The summed E-state index contributed by atoms with van der Waals surface area (Å²) >= 11 is 2.03. The summed E-state index contributed by atoms with van der Waals surface area (Å²) in [5.41, 5.74) is 2.96. The lowest BCUT2D eigenvalue weighted by Crippen LogP contribution is -2.23. The highest BCUT2D eigenvalue weighted by atomic mass is 32.2. The Morgan fingerprint density at radius 3 is 3.19 bits per heavy atom. The van der Waals surface area contributed by atoms with E-state index in [1.54, 1.807) is 0 Å². The summed E-state index contributed by atoms with van der Waals surface area (Å²) in [6, 6.07) is 9.23. The Hall–Kier alpha value is -0.910. The minimum Gasteiger partial charge on any atom is -0.298 e. The molecule has 1 nitrogen and oxygen atoms in total. The number of fused-ring (bicyclic) bond motifs is 1. The van der Waals surface area contributed by atoms with Gasteiger partial charge in [0.1, 0.15) is 0 Å². The summed E-state index contributed by atoms with van der Waals surface area (Å²) in [5, 5.41) is 3.52. The van der Waals surface area contributed by atoms with E-state index in [-0.39, 0.29) is 0 Å². The number of hydrogen-bond acceptors (Lipinski definition) is 2. The van der Waals surface area contributed by atoms with Gasteiger partial charge >= 0.3 is 0 Å². The Morgan fingerprint density at radius 1 is 1.44 bits per heavy atom. The lowest BCUT2D eigenvalue weighted by atomic mass is 10.00. The van der Waals surface area contributed by atoms with Gasteiger partial charge in [-0.15, -0.1) is 5.92 Å². The Bertz CT molecular complexity index is 403. The van der Waals surface area contributed by atoms with E-state index in [9.17, 15) is 0 Å². The van der Waals surface area contributed by atoms with E-state index in [0.29, 0.717) is 6.04 Å². The topological polar surface area (TPSA) is 12.0 Å². The summed E-state index contributed by atoms with van der Waals surface area (Å²) < 4.78 is 0. The average Bonchev–Trinajstić information content (AvgIpc) is 2.52. The molecule has 0 fully saturated rings. The third kappa shape index (κ3) is 2.81. The SMILES string of the molecule is CC#CCNC1CSCCc2ccccc21. The number of thioether (sulfide) groups is 1. The van der Waals surface area contributed by atoms with E-state index in [4.69, 9.17) is 0 Å². The molecule has 16 heavy (non-hydrogen) atoms. The van der Waals surface area contributed by atoms with Crippen LogP contribution in [0.25, 0.3) is 0 Å². The van der Waals surface area contributed by atoms with Gasteiger partial charge in [0.25, 0.3) is 0 Å². The van der Waals surface area contributed by atoms with Crippen LogP contribution in [-0.4, -0.2) is 18.1 Å². The summed E-state index contributed by atoms with van der Waals surface area (Å²) in [6.45, 7) is 2.67. The van der Waals surface area contributed by atoms with Crippen LogP contribution in [0.1, 0.15) is 24.1 Å². The quantitative estimate of drug-likeness (QED) is 0.785. The van der Waals surface area contributed by atoms with Gasteiger partial charge in [-0.1, -0.05) is 30.2 Å². The van der Waals surface area contributed by atoms with Gasteiger partial charge in [-0.3, -0.25) is 5.32 Å². The minimum atomic E-state index is 0.463. The molecule has 2 heteroatoms. The van der Waals surface area contributed by atoms with Crippen LogP contribution in [-0.2, 0) is 6.42 Å². The molecule has 1 atom stereocenters. The first-order valence-electron chi connectivity index (χ1n) is 5.70. The molecule has 1 unspecified atom stereocenters. The molecule has 0 amide bonds. The van der Waals surface area contributed by atoms with E-state index in [1.165, 1.54) is 23.3 Å². The van der Waals surface area contributed by atoms with Gasteiger partial charge in [-0.05, 0) is 30.2 Å². The Balaban J connectivity index is 2.14. The summed E-state index contributed by atoms with van der Waals surface area (Å²) in [4.78, 5) is 0. The third-order valence-electron chi connectivity index (χ3n) is 2.84. The standard InChI is InChI=1S/C14H17NS/c1-2-3-9-15-14-11-16-10-8-12-6-4-5-7-13(12)14/h4-7,14-15H,8-11H2,1H3. The van der Waals surface area contributed by atoms with Crippen molar-refractivity contribution in [3.8, 4) is 11.8 Å². The largest absolute Gasteiger partial charge is 0.298 e. The molecule has 1 aliphatic rings. The van der Waals surface area contributed by atoms with Crippen molar-refractivity contribution in [3.05, 3.63) is 35.4 Å². The van der Waals surface area contributed by atoms with Gasteiger partial charge in [-0.25, -0.2) is 0 Å². The van der Waals surface area contributed by atoms with Crippen molar-refractivity contribution in [1.82, 2.24) is 5.32 Å². The normalized spacial score (nSPS) is 19.2. The maximum atomic E-state index is 3.52. The third-order valence-corrected chi connectivity index (χ3v) is 3.91. The minimum absolute atomic E-state index is 0.463. The molecule has 1 N–H and O–H groups in total. The van der Waals surface area contributed by atoms with Gasteiger partial charge in [0.15, 0.2) is 0 Å². The second-order valence-electron chi connectivity index (χ2n) is 3.88. The van der Waals surface area contributed by atoms with E-state index in [0.717, 1.165) is 12.3 Å². The lowest BCUT2D eigenvalue weighted by molar-refractivity contribution is 0.630. The van der Waals surface area contributed by atoms with Crippen LogP contribution in [0.15, 0.2) is 24.3 Å². The number of nitrogens with one attached hydrogen (secondary N) is 1. The number of aryl methyl sites for hydroxylation is 1. The molecule has 0 aliphatic carbocycles. The smallest absolute Gasteiger partial charge is 0.0581 e. The van der Waals surface area contributed by atoms with Crippen LogP contribution >= 0.6 is 11.8 Å². The van der Waals surface area contributed by atoms with Gasteiger partial charge in [0.2, 0.25) is 0 Å². The van der Waals surface area contributed by atoms with E-state index >= 15 is 0 Å². The maximum absolute atomic E-state index is 3.52. The molecule has 1 aromatic rings. The average molecular weight is 231 g/mol. The lowest BCUT2D eigenvalue weighted by Gasteiger charge is -2.17. The van der Waals surface area contributed by atoms with Crippen LogP contribution in [0, 0.1) is 11.8 Å². The predicted octanol–water partition coefficient (Wildman–Crippen LogP) is 2.63. The number of benzene rings is 1. The van der Waals surface area contributed by atoms with Crippen LogP contribution in [0.5, 0.6) is 0 Å². The summed E-state index contributed by atoms with van der Waals surface area (Å²) in [6.07, 6.45) is 1.19. The molecule has 0 spiro atoms. The Labute approximate surface area is 102 Å². The van der Waals surface area contributed by atoms with Crippen molar-refractivity contribution in [2.75, 3.05) is 18.1 Å². The first-order valence-corrected chi connectivity index (χ1v) is 6.86. The molecule has 1 heterocycles. The Kier molecular flexibility index (Phi) is 4.33. The van der Waals surface area contributed by atoms with Crippen molar-refractivity contribution < 1.29 is 0 Å². The predicted molar refractivity (Wildman–Crippen MR) is 71.7 cm³/mol. The summed E-state index contributed by atoms with van der Waals surface area (Å²) in [5.74, 6) is 8.39. The van der Waals surface area contributed by atoms with E-state index in [2.05, 4.69) is 41.4 Å². The van der Waals surface area contributed by atoms with E-state index < -0.39 is 0 Å². The van der Waals surface area contributed by atoms with Gasteiger partial charge in [0.05, 0.1) is 6.54 Å². The van der Waals surface area contributed by atoms with Crippen molar-refractivity contribution >= 4 is 11.8 Å². The number of hydrogen-bond donors (Lipinski definition) is 1. The van der Waals surface area contributed by atoms with E-state index in [1.807, 2.05) is 18.7 Å². The molecule has 1 aliphatic heterocycles. The molecule has 84 valence electrons. The molecule has 0 radical (unpaired) electrons.